The van der Waals surface area contributed by atoms with Crippen molar-refractivity contribution in [3.05, 3.63) is 112 Å². The molecule has 5 heteroatoms. The Kier molecular flexibility index (Phi) is 6.73. The highest BCUT2D eigenvalue weighted by Crippen LogP contribution is 2.31. The van der Waals surface area contributed by atoms with Gasteiger partial charge in [-0.05, 0) is 59.2 Å². The molecule has 4 aromatic rings. The Hall–Kier alpha value is -4.07. The number of aryl methyl sites for hydroxylation is 1. The van der Waals surface area contributed by atoms with Crippen LogP contribution in [0.5, 0.6) is 5.75 Å². The number of para-hydroxylation sites is 1. The molecule has 0 unspecified atom stereocenters. The van der Waals surface area contributed by atoms with Gasteiger partial charge in [0.2, 0.25) is 0 Å². The lowest BCUT2D eigenvalue weighted by molar-refractivity contribution is -0.112. The van der Waals surface area contributed by atoms with E-state index in [4.69, 9.17) is 16.3 Å². The first-order valence-electron chi connectivity index (χ1n) is 10.4. The fourth-order valence-corrected chi connectivity index (χ4v) is 3.61. The monoisotopic (exact) mass is 452 g/mol. The molecule has 1 amide bonds. The van der Waals surface area contributed by atoms with Crippen molar-refractivity contribution in [1.29, 1.82) is 5.26 Å². The second kappa shape index (κ2) is 10.0. The van der Waals surface area contributed by atoms with Gasteiger partial charge in [0.1, 0.15) is 24.0 Å². The van der Waals surface area contributed by atoms with E-state index in [0.29, 0.717) is 28.6 Å². The summed E-state index contributed by atoms with van der Waals surface area (Å²) in [5.74, 6) is 0.114. The molecule has 162 valence electrons. The fraction of sp³-hybridized carbons (Fsp3) is 0.0714. The zero-order valence-corrected chi connectivity index (χ0v) is 18.8. The maximum atomic E-state index is 12.9. The standard InChI is InChI=1S/C28H21ClN2O2/c1-19-6-2-5-9-26(19)31-28(32)22(17-30)16-25-24-8-4-3-7-21(24)12-15-27(25)33-18-20-10-13-23(29)14-11-20/h2-16H,18H2,1H3,(H,31,32)/b22-16+. The third kappa shape index (κ3) is 5.23. The van der Waals surface area contributed by atoms with Gasteiger partial charge in [-0.1, -0.05) is 72.3 Å². The van der Waals surface area contributed by atoms with Gasteiger partial charge in [0.15, 0.2) is 0 Å². The second-order valence-corrected chi connectivity index (χ2v) is 7.99. The number of fused-ring (bicyclic) bond motifs is 1. The van der Waals surface area contributed by atoms with Crippen molar-refractivity contribution in [3.8, 4) is 11.8 Å². The number of hydrogen-bond acceptors (Lipinski definition) is 3. The molecule has 0 heterocycles. The Balaban J connectivity index is 1.70. The topological polar surface area (TPSA) is 62.1 Å². The number of anilines is 1. The molecule has 4 rings (SSSR count). The zero-order chi connectivity index (χ0) is 23.2. The molecule has 0 saturated carbocycles. The van der Waals surface area contributed by atoms with Crippen molar-refractivity contribution < 1.29 is 9.53 Å². The van der Waals surface area contributed by atoms with Crippen LogP contribution in [-0.2, 0) is 11.4 Å². The average molecular weight is 453 g/mol. The van der Waals surface area contributed by atoms with Crippen molar-refractivity contribution >= 4 is 40.0 Å². The van der Waals surface area contributed by atoms with Crippen molar-refractivity contribution in [2.24, 2.45) is 0 Å². The minimum atomic E-state index is -0.469. The Labute approximate surface area is 197 Å². The van der Waals surface area contributed by atoms with Crippen LogP contribution in [-0.4, -0.2) is 5.91 Å². The van der Waals surface area contributed by atoms with E-state index in [2.05, 4.69) is 5.32 Å². The highest BCUT2D eigenvalue weighted by molar-refractivity contribution is 6.30. The number of amides is 1. The average Bonchev–Trinajstić information content (AvgIpc) is 2.84. The first kappa shape index (κ1) is 22.1. The Morgan fingerprint density at radius 2 is 1.73 bits per heavy atom. The van der Waals surface area contributed by atoms with Crippen molar-refractivity contribution in [1.82, 2.24) is 0 Å². The predicted molar refractivity (Wildman–Crippen MR) is 133 cm³/mol. The van der Waals surface area contributed by atoms with Crippen LogP contribution >= 0.6 is 11.6 Å². The van der Waals surface area contributed by atoms with E-state index in [9.17, 15) is 10.1 Å². The third-order valence-corrected chi connectivity index (χ3v) is 5.54. The molecule has 0 radical (unpaired) electrons. The van der Waals surface area contributed by atoms with E-state index in [0.717, 1.165) is 21.9 Å². The molecule has 0 atom stereocenters. The van der Waals surface area contributed by atoms with Crippen LogP contribution in [0.2, 0.25) is 5.02 Å². The molecule has 1 N–H and O–H groups in total. The normalized spacial score (nSPS) is 11.1. The number of ether oxygens (including phenoxy) is 1. The van der Waals surface area contributed by atoms with Gasteiger partial charge in [-0.25, -0.2) is 0 Å². The van der Waals surface area contributed by atoms with Gasteiger partial charge in [-0.3, -0.25) is 4.79 Å². The van der Waals surface area contributed by atoms with Gasteiger partial charge in [-0.15, -0.1) is 0 Å². The summed E-state index contributed by atoms with van der Waals surface area (Å²) in [6.07, 6.45) is 1.59. The summed E-state index contributed by atoms with van der Waals surface area (Å²) < 4.78 is 6.10. The largest absolute Gasteiger partial charge is 0.488 e. The van der Waals surface area contributed by atoms with Crippen molar-refractivity contribution in [2.45, 2.75) is 13.5 Å². The Morgan fingerprint density at radius 1 is 1.00 bits per heavy atom. The maximum Gasteiger partial charge on any atom is 0.266 e. The summed E-state index contributed by atoms with van der Waals surface area (Å²) in [6.45, 7) is 2.23. The molecule has 0 bridgehead atoms. The van der Waals surface area contributed by atoms with Gasteiger partial charge in [0, 0.05) is 16.3 Å². The molecular weight excluding hydrogens is 432 g/mol. The van der Waals surface area contributed by atoms with Crippen LogP contribution in [0, 0.1) is 18.3 Å². The molecule has 0 fully saturated rings. The van der Waals surface area contributed by atoms with Crippen LogP contribution in [0.25, 0.3) is 16.8 Å². The molecule has 0 aliphatic rings. The number of nitriles is 1. The molecule has 0 aliphatic carbocycles. The van der Waals surface area contributed by atoms with Crippen LogP contribution < -0.4 is 10.1 Å². The van der Waals surface area contributed by atoms with Gasteiger partial charge >= 0.3 is 0 Å². The van der Waals surface area contributed by atoms with E-state index in [1.54, 1.807) is 12.1 Å². The lowest BCUT2D eigenvalue weighted by Crippen LogP contribution is -2.14. The fourth-order valence-electron chi connectivity index (χ4n) is 3.49. The Morgan fingerprint density at radius 3 is 2.48 bits per heavy atom. The first-order valence-corrected chi connectivity index (χ1v) is 10.8. The SMILES string of the molecule is Cc1ccccc1NC(=O)/C(C#N)=C/c1c(OCc2ccc(Cl)cc2)ccc2ccccc12. The molecule has 0 spiro atoms. The van der Waals surface area contributed by atoms with Crippen LogP contribution in [0.1, 0.15) is 16.7 Å². The number of halogens is 1. The van der Waals surface area contributed by atoms with Gasteiger partial charge < -0.3 is 10.1 Å². The summed E-state index contributed by atoms with van der Waals surface area (Å²) in [4.78, 5) is 12.9. The lowest BCUT2D eigenvalue weighted by Gasteiger charge is -2.13. The number of rotatable bonds is 6. The Bertz CT molecular complexity index is 1390. The summed E-state index contributed by atoms with van der Waals surface area (Å²) in [6, 6.07) is 28.5. The van der Waals surface area contributed by atoms with E-state index in [-0.39, 0.29) is 5.57 Å². The van der Waals surface area contributed by atoms with E-state index >= 15 is 0 Å². The molecule has 4 aromatic carbocycles. The number of carbonyl (C=O) groups excluding carboxylic acids is 1. The summed E-state index contributed by atoms with van der Waals surface area (Å²) in [5.41, 5.74) is 3.21. The first-order chi connectivity index (χ1) is 16.0. The predicted octanol–water partition coefficient (Wildman–Crippen LogP) is 6.93. The van der Waals surface area contributed by atoms with E-state index in [1.165, 1.54) is 0 Å². The summed E-state index contributed by atoms with van der Waals surface area (Å²) in [5, 5.41) is 15.1. The molecular formula is C28H21ClN2O2. The number of carbonyl (C=O) groups is 1. The molecule has 4 nitrogen and oxygen atoms in total. The quantitative estimate of drug-likeness (QED) is 0.255. The van der Waals surface area contributed by atoms with Crippen LogP contribution in [0.4, 0.5) is 5.69 Å². The molecule has 33 heavy (non-hydrogen) atoms. The summed E-state index contributed by atoms with van der Waals surface area (Å²) in [7, 11) is 0. The summed E-state index contributed by atoms with van der Waals surface area (Å²) >= 11 is 5.97. The number of benzene rings is 4. The van der Waals surface area contributed by atoms with Gasteiger partial charge in [0.25, 0.3) is 5.91 Å². The smallest absolute Gasteiger partial charge is 0.266 e. The molecule has 0 aliphatic heterocycles. The second-order valence-electron chi connectivity index (χ2n) is 7.55. The number of nitrogens with zero attached hydrogens (tertiary/aromatic N) is 1. The van der Waals surface area contributed by atoms with Crippen LogP contribution in [0.15, 0.2) is 90.5 Å². The number of nitrogens with one attached hydrogen (secondary N) is 1. The van der Waals surface area contributed by atoms with Gasteiger partial charge in [-0.2, -0.15) is 5.26 Å². The molecule has 0 aromatic heterocycles. The minimum absolute atomic E-state index is 0.00838. The molecule has 0 saturated heterocycles. The van der Waals surface area contributed by atoms with E-state index in [1.807, 2.05) is 91.9 Å². The highest BCUT2D eigenvalue weighted by atomic mass is 35.5. The van der Waals surface area contributed by atoms with E-state index < -0.39 is 5.91 Å². The maximum absolute atomic E-state index is 12.9. The zero-order valence-electron chi connectivity index (χ0n) is 18.0. The van der Waals surface area contributed by atoms with Gasteiger partial charge in [0.05, 0.1) is 0 Å². The third-order valence-electron chi connectivity index (χ3n) is 5.29. The highest BCUT2D eigenvalue weighted by Gasteiger charge is 2.14. The van der Waals surface area contributed by atoms with Crippen molar-refractivity contribution in [3.63, 3.8) is 0 Å². The minimum Gasteiger partial charge on any atom is -0.488 e. The lowest BCUT2D eigenvalue weighted by atomic mass is 10.0. The van der Waals surface area contributed by atoms with Crippen LogP contribution in [0.3, 0.4) is 0 Å². The number of hydrogen-bond donors (Lipinski definition) is 1. The van der Waals surface area contributed by atoms with Crippen molar-refractivity contribution in [2.75, 3.05) is 5.32 Å².